The summed E-state index contributed by atoms with van der Waals surface area (Å²) in [5.74, 6) is 0.567. The van der Waals surface area contributed by atoms with Gasteiger partial charge in [0.05, 0.1) is 0 Å². The predicted octanol–water partition coefficient (Wildman–Crippen LogP) is 1.32. The highest BCUT2D eigenvalue weighted by molar-refractivity contribution is 6.30. The zero-order valence-corrected chi connectivity index (χ0v) is 6.71. The summed E-state index contributed by atoms with van der Waals surface area (Å²) < 4.78 is 0. The van der Waals surface area contributed by atoms with Crippen molar-refractivity contribution in [2.24, 2.45) is 0 Å². The molecule has 2 aromatic rings. The number of tetrazole rings is 1. The Bertz CT molecular complexity index is 371. The van der Waals surface area contributed by atoms with Crippen molar-refractivity contribution in [2.75, 3.05) is 0 Å². The van der Waals surface area contributed by atoms with Gasteiger partial charge in [0.15, 0.2) is 5.82 Å². The molecule has 0 aliphatic heterocycles. The molecule has 1 radical (unpaired) electrons. The molecule has 0 fully saturated rings. The summed E-state index contributed by atoms with van der Waals surface area (Å²) in [6.45, 7) is 0. The lowest BCUT2D eigenvalue weighted by molar-refractivity contribution is 0.881. The summed E-state index contributed by atoms with van der Waals surface area (Å²) in [7, 11) is 0. The molecule has 0 aliphatic carbocycles. The Balaban J connectivity index is 2.48. The van der Waals surface area contributed by atoms with Crippen LogP contribution in [0.2, 0.25) is 5.02 Å². The van der Waals surface area contributed by atoms with Crippen molar-refractivity contribution in [3.05, 3.63) is 29.3 Å². The Hall–Kier alpha value is -1.42. The maximum atomic E-state index is 5.76. The molecule has 0 aliphatic rings. The standard InChI is InChI=1S/C7H4ClN4/c8-6-3-1-2-5(4-6)7-9-11-12-10-7/h1,3-4H,(H,9,10,11,12). The molecule has 0 bridgehead atoms. The summed E-state index contributed by atoms with van der Waals surface area (Å²) in [6, 6.07) is 8.16. The number of nitrogens with one attached hydrogen (secondary N) is 1. The van der Waals surface area contributed by atoms with Crippen LogP contribution < -0.4 is 0 Å². The highest BCUT2D eigenvalue weighted by Crippen LogP contribution is 2.16. The third kappa shape index (κ3) is 1.29. The van der Waals surface area contributed by atoms with Crippen molar-refractivity contribution in [1.82, 2.24) is 20.6 Å². The van der Waals surface area contributed by atoms with Gasteiger partial charge in [0, 0.05) is 10.6 Å². The number of aromatic nitrogens is 4. The summed E-state index contributed by atoms with van der Waals surface area (Å²) in [5.41, 5.74) is 0.757. The van der Waals surface area contributed by atoms with Crippen molar-refractivity contribution in [3.8, 4) is 11.4 Å². The van der Waals surface area contributed by atoms with E-state index in [1.807, 2.05) is 0 Å². The summed E-state index contributed by atoms with van der Waals surface area (Å²) in [5, 5.41) is 13.9. The maximum absolute atomic E-state index is 5.76. The van der Waals surface area contributed by atoms with Crippen molar-refractivity contribution in [1.29, 1.82) is 0 Å². The molecule has 59 valence electrons. The molecule has 1 aromatic carbocycles. The molecule has 0 amide bonds. The third-order valence-corrected chi connectivity index (χ3v) is 1.60. The van der Waals surface area contributed by atoms with E-state index in [1.54, 1.807) is 18.2 Å². The van der Waals surface area contributed by atoms with E-state index in [-0.39, 0.29) is 0 Å². The first kappa shape index (κ1) is 7.24. The smallest absolute Gasteiger partial charge is 0.180 e. The quantitative estimate of drug-likeness (QED) is 0.719. The Morgan fingerprint density at radius 3 is 3.08 bits per heavy atom. The number of halogens is 1. The number of rotatable bonds is 1. The van der Waals surface area contributed by atoms with Gasteiger partial charge in [-0.25, -0.2) is 5.10 Å². The molecule has 12 heavy (non-hydrogen) atoms. The normalized spacial score (nSPS) is 10.1. The highest BCUT2D eigenvalue weighted by atomic mass is 35.5. The van der Waals surface area contributed by atoms with Crippen LogP contribution in [0.3, 0.4) is 0 Å². The maximum Gasteiger partial charge on any atom is 0.180 e. The minimum Gasteiger partial charge on any atom is -0.239 e. The summed E-state index contributed by atoms with van der Waals surface area (Å²) in [6.07, 6.45) is 0. The number of hydrogen-bond acceptors (Lipinski definition) is 3. The van der Waals surface area contributed by atoms with Gasteiger partial charge in [-0.05, 0) is 28.6 Å². The largest absolute Gasteiger partial charge is 0.239 e. The van der Waals surface area contributed by atoms with E-state index in [2.05, 4.69) is 26.7 Å². The number of H-pyrrole nitrogens is 1. The van der Waals surface area contributed by atoms with E-state index in [0.29, 0.717) is 10.8 Å². The van der Waals surface area contributed by atoms with Gasteiger partial charge in [0.2, 0.25) is 0 Å². The van der Waals surface area contributed by atoms with Gasteiger partial charge in [-0.2, -0.15) is 0 Å². The lowest BCUT2D eigenvalue weighted by Crippen LogP contribution is -1.80. The van der Waals surface area contributed by atoms with Crippen molar-refractivity contribution < 1.29 is 0 Å². The van der Waals surface area contributed by atoms with Crippen molar-refractivity contribution in [3.63, 3.8) is 0 Å². The first-order valence-corrected chi connectivity index (χ1v) is 3.65. The van der Waals surface area contributed by atoms with Gasteiger partial charge in [-0.1, -0.05) is 17.7 Å². The minimum absolute atomic E-state index is 0.567. The van der Waals surface area contributed by atoms with Gasteiger partial charge in [0.25, 0.3) is 0 Å². The highest BCUT2D eigenvalue weighted by Gasteiger charge is 2.00. The number of benzene rings is 1. The van der Waals surface area contributed by atoms with E-state index in [4.69, 9.17) is 11.6 Å². The van der Waals surface area contributed by atoms with E-state index in [0.717, 1.165) is 5.56 Å². The summed E-state index contributed by atoms with van der Waals surface area (Å²) in [4.78, 5) is 0. The molecule has 1 heterocycles. The van der Waals surface area contributed by atoms with Crippen LogP contribution >= 0.6 is 11.6 Å². The zero-order chi connectivity index (χ0) is 8.39. The van der Waals surface area contributed by atoms with Crippen LogP contribution in [0, 0.1) is 6.07 Å². The second-order valence-corrected chi connectivity index (χ2v) is 2.61. The Morgan fingerprint density at radius 2 is 2.42 bits per heavy atom. The van der Waals surface area contributed by atoms with Gasteiger partial charge < -0.3 is 0 Å². The molecule has 1 aromatic heterocycles. The minimum atomic E-state index is 0.567. The second-order valence-electron chi connectivity index (χ2n) is 2.17. The molecule has 1 N–H and O–H groups in total. The van der Waals surface area contributed by atoms with Crippen LogP contribution in [-0.2, 0) is 0 Å². The van der Waals surface area contributed by atoms with Gasteiger partial charge in [-0.3, -0.25) is 0 Å². The molecule has 0 saturated heterocycles. The predicted molar refractivity (Wildman–Crippen MR) is 43.5 cm³/mol. The molecule has 5 heteroatoms. The fraction of sp³-hybridized carbons (Fsp3) is 0. The Morgan fingerprint density at radius 1 is 1.50 bits per heavy atom. The number of hydrogen-bond donors (Lipinski definition) is 1. The first-order valence-electron chi connectivity index (χ1n) is 3.27. The molecule has 2 rings (SSSR count). The van der Waals surface area contributed by atoms with Gasteiger partial charge in [0.1, 0.15) is 0 Å². The lowest BCUT2D eigenvalue weighted by atomic mass is 10.2. The van der Waals surface area contributed by atoms with Gasteiger partial charge >= 0.3 is 0 Å². The van der Waals surface area contributed by atoms with E-state index >= 15 is 0 Å². The first-order chi connectivity index (χ1) is 5.86. The van der Waals surface area contributed by atoms with Crippen molar-refractivity contribution >= 4 is 11.6 Å². The molecular weight excluding hydrogens is 176 g/mol. The van der Waals surface area contributed by atoms with Crippen LogP contribution in [0.4, 0.5) is 0 Å². The second kappa shape index (κ2) is 2.91. The molecular formula is C7H4ClN4. The number of nitrogens with zero attached hydrogens (tertiary/aromatic N) is 3. The average Bonchev–Trinajstić information content (AvgIpc) is 2.56. The topological polar surface area (TPSA) is 54.5 Å². The molecule has 0 saturated carbocycles. The molecule has 0 atom stereocenters. The van der Waals surface area contributed by atoms with Crippen LogP contribution in [0.15, 0.2) is 18.2 Å². The number of aromatic amines is 1. The van der Waals surface area contributed by atoms with Crippen LogP contribution in [-0.4, -0.2) is 20.6 Å². The lowest BCUT2D eigenvalue weighted by Gasteiger charge is -1.93. The van der Waals surface area contributed by atoms with Gasteiger partial charge in [-0.15, -0.1) is 5.10 Å². The van der Waals surface area contributed by atoms with E-state index in [1.165, 1.54) is 0 Å². The average molecular weight is 180 g/mol. The van der Waals surface area contributed by atoms with Crippen LogP contribution in [0.5, 0.6) is 0 Å². The molecule has 4 nitrogen and oxygen atoms in total. The Kier molecular flexibility index (Phi) is 1.75. The van der Waals surface area contributed by atoms with Crippen LogP contribution in [0.1, 0.15) is 0 Å². The van der Waals surface area contributed by atoms with E-state index < -0.39 is 0 Å². The molecule has 0 spiro atoms. The molecule has 0 unspecified atom stereocenters. The third-order valence-electron chi connectivity index (χ3n) is 1.36. The Labute approximate surface area is 73.6 Å². The van der Waals surface area contributed by atoms with Crippen LogP contribution in [0.25, 0.3) is 11.4 Å². The zero-order valence-electron chi connectivity index (χ0n) is 5.95. The monoisotopic (exact) mass is 179 g/mol. The van der Waals surface area contributed by atoms with E-state index in [9.17, 15) is 0 Å². The fourth-order valence-electron chi connectivity index (χ4n) is 0.849. The summed E-state index contributed by atoms with van der Waals surface area (Å²) >= 11 is 5.76. The SMILES string of the molecule is Clc1cc[c]c(-c2nnn[nH]2)c1. The fourth-order valence-corrected chi connectivity index (χ4v) is 1.02. The van der Waals surface area contributed by atoms with Crippen molar-refractivity contribution in [2.45, 2.75) is 0 Å².